The van der Waals surface area contributed by atoms with Crippen molar-refractivity contribution in [1.29, 1.82) is 0 Å². The van der Waals surface area contributed by atoms with Crippen LogP contribution in [0, 0.1) is 16.7 Å². The van der Waals surface area contributed by atoms with Gasteiger partial charge in [-0.15, -0.1) is 0 Å². The summed E-state index contributed by atoms with van der Waals surface area (Å²) in [6.07, 6.45) is 4.05. The molecule has 3 heteroatoms. The summed E-state index contributed by atoms with van der Waals surface area (Å²) >= 11 is 4.17. The zero-order valence-corrected chi connectivity index (χ0v) is 8.42. The lowest BCUT2D eigenvalue weighted by Crippen LogP contribution is -2.35. The molecule has 0 aromatic rings. The molecule has 0 radical (unpaired) electrons. The predicted octanol–water partition coefficient (Wildman–Crippen LogP) is 3.13. The molecule has 0 aromatic carbocycles. The Morgan fingerprint density at radius 1 is 1.15 bits per heavy atom. The highest BCUT2D eigenvalue weighted by molar-refractivity contribution is 7.80. The molecule has 2 spiro atoms. The highest BCUT2D eigenvalue weighted by Crippen LogP contribution is 2.89. The third-order valence-corrected chi connectivity index (χ3v) is 5.31. The largest absolute Gasteiger partial charge is 0.260 e. The van der Waals surface area contributed by atoms with Crippen LogP contribution in [0.15, 0.2) is 0 Å². The highest BCUT2D eigenvalue weighted by atomic mass is 32.1. The minimum absolute atomic E-state index is 0.467. The maximum Gasteiger partial charge on any atom is 0.260 e. The molecule has 74 valence electrons. The third-order valence-electron chi connectivity index (χ3n) is 4.80. The predicted molar refractivity (Wildman–Crippen MR) is 50.2 cm³/mol. The van der Waals surface area contributed by atoms with E-state index < -0.39 is 16.8 Å². The highest BCUT2D eigenvalue weighted by Gasteiger charge is 2.93. The average Bonchev–Trinajstić information content (AvgIpc) is 2.36. The molecule has 0 saturated heterocycles. The van der Waals surface area contributed by atoms with Gasteiger partial charge in [-0.05, 0) is 37.4 Å². The van der Waals surface area contributed by atoms with E-state index in [2.05, 4.69) is 12.6 Å². The molecule has 0 amide bonds. The van der Waals surface area contributed by atoms with E-state index in [4.69, 9.17) is 0 Å². The second kappa shape index (κ2) is 2.07. The first-order valence-electron chi connectivity index (χ1n) is 5.08. The molecule has 3 fully saturated rings. The lowest BCUT2D eigenvalue weighted by molar-refractivity contribution is 0.00211. The fraction of sp³-hybridized carbons (Fsp3) is 1.00. The maximum absolute atomic E-state index is 13.6. The molecule has 0 aliphatic heterocycles. The van der Waals surface area contributed by atoms with Crippen LogP contribution in [0.1, 0.15) is 32.1 Å². The van der Waals surface area contributed by atoms with Gasteiger partial charge in [-0.3, -0.25) is 0 Å². The van der Waals surface area contributed by atoms with Gasteiger partial charge in [0.1, 0.15) is 0 Å². The van der Waals surface area contributed by atoms with E-state index in [0.717, 1.165) is 37.9 Å². The van der Waals surface area contributed by atoms with Crippen molar-refractivity contribution in [2.24, 2.45) is 16.7 Å². The second-order valence-electron chi connectivity index (χ2n) is 5.05. The molecule has 3 aliphatic carbocycles. The zero-order valence-electron chi connectivity index (χ0n) is 7.52. The van der Waals surface area contributed by atoms with Gasteiger partial charge in [0.05, 0.1) is 0 Å². The molecule has 3 aliphatic rings. The van der Waals surface area contributed by atoms with Crippen molar-refractivity contribution in [3.05, 3.63) is 0 Å². The molecule has 0 heterocycles. The van der Waals surface area contributed by atoms with Crippen LogP contribution in [0.5, 0.6) is 0 Å². The Kier molecular flexibility index (Phi) is 1.36. The van der Waals surface area contributed by atoms with Crippen molar-refractivity contribution in [1.82, 2.24) is 0 Å². The Morgan fingerprint density at radius 2 is 1.77 bits per heavy atom. The van der Waals surface area contributed by atoms with E-state index in [1.807, 2.05) is 0 Å². The van der Waals surface area contributed by atoms with Crippen molar-refractivity contribution >= 4 is 12.6 Å². The summed E-state index contributed by atoms with van der Waals surface area (Å²) in [7, 11) is 0. The Bertz CT molecular complexity index is 252. The van der Waals surface area contributed by atoms with Crippen LogP contribution in [0.4, 0.5) is 8.78 Å². The Labute approximate surface area is 82.5 Å². The van der Waals surface area contributed by atoms with Gasteiger partial charge in [-0.2, -0.15) is 12.6 Å². The molecular weight excluding hydrogens is 190 g/mol. The quantitative estimate of drug-likeness (QED) is 0.623. The van der Waals surface area contributed by atoms with Crippen LogP contribution in [0.25, 0.3) is 0 Å². The Balaban J connectivity index is 1.81. The fourth-order valence-electron chi connectivity index (χ4n) is 3.77. The first kappa shape index (κ1) is 8.51. The summed E-state index contributed by atoms with van der Waals surface area (Å²) < 4.78 is 27.2. The molecule has 0 N–H and O–H groups in total. The minimum atomic E-state index is -2.32. The van der Waals surface area contributed by atoms with E-state index in [-0.39, 0.29) is 0 Å². The van der Waals surface area contributed by atoms with Gasteiger partial charge in [0.25, 0.3) is 5.92 Å². The SMILES string of the molecule is FC1(F)C2(CCC2)C12CC(CS)C2. The summed E-state index contributed by atoms with van der Waals surface area (Å²) in [6.45, 7) is 0. The standard InChI is InChI=1S/C10H14F2S/c11-10(12)8(2-1-3-8)9(10)4-7(5-9)6-13/h7,13H,1-6H2. The van der Waals surface area contributed by atoms with Crippen LogP contribution in [0.2, 0.25) is 0 Å². The van der Waals surface area contributed by atoms with Gasteiger partial charge in [0.15, 0.2) is 0 Å². The first-order valence-corrected chi connectivity index (χ1v) is 5.72. The van der Waals surface area contributed by atoms with E-state index in [9.17, 15) is 8.78 Å². The summed E-state index contributed by atoms with van der Waals surface area (Å²) in [5.41, 5.74) is -1.08. The molecule has 0 atom stereocenters. The van der Waals surface area contributed by atoms with Crippen LogP contribution < -0.4 is 0 Å². The minimum Gasteiger partial charge on any atom is -0.206 e. The smallest absolute Gasteiger partial charge is 0.206 e. The summed E-state index contributed by atoms with van der Waals surface area (Å²) in [5, 5.41) is 0. The lowest BCUT2D eigenvalue weighted by atomic mass is 9.63. The average molecular weight is 204 g/mol. The van der Waals surface area contributed by atoms with Gasteiger partial charge in [-0.25, -0.2) is 8.78 Å². The number of thiol groups is 1. The number of halogens is 2. The Hall–Kier alpha value is 0.210. The topological polar surface area (TPSA) is 0 Å². The van der Waals surface area contributed by atoms with Crippen LogP contribution in [-0.2, 0) is 0 Å². The van der Waals surface area contributed by atoms with Gasteiger partial charge in [-0.1, -0.05) is 6.42 Å². The van der Waals surface area contributed by atoms with Crippen molar-refractivity contribution in [3.8, 4) is 0 Å². The van der Waals surface area contributed by atoms with Gasteiger partial charge < -0.3 is 0 Å². The van der Waals surface area contributed by atoms with Crippen LogP contribution >= 0.6 is 12.6 Å². The van der Waals surface area contributed by atoms with Crippen molar-refractivity contribution in [2.75, 3.05) is 5.75 Å². The van der Waals surface area contributed by atoms with Gasteiger partial charge >= 0.3 is 0 Å². The molecule has 0 bridgehead atoms. The second-order valence-corrected chi connectivity index (χ2v) is 5.41. The van der Waals surface area contributed by atoms with E-state index in [1.54, 1.807) is 0 Å². The molecule has 0 nitrogen and oxygen atoms in total. The van der Waals surface area contributed by atoms with E-state index in [1.165, 1.54) is 0 Å². The number of hydrogen-bond donors (Lipinski definition) is 1. The Morgan fingerprint density at radius 3 is 2.08 bits per heavy atom. The van der Waals surface area contributed by atoms with Crippen LogP contribution in [0.3, 0.4) is 0 Å². The van der Waals surface area contributed by atoms with Crippen LogP contribution in [-0.4, -0.2) is 11.7 Å². The van der Waals surface area contributed by atoms with E-state index >= 15 is 0 Å². The first-order chi connectivity index (χ1) is 6.10. The zero-order chi connectivity index (χ0) is 9.32. The molecule has 3 saturated carbocycles. The number of rotatable bonds is 1. The normalized spacial score (nSPS) is 48.7. The summed E-state index contributed by atoms with van der Waals surface area (Å²) in [4.78, 5) is 0. The fourth-order valence-corrected chi connectivity index (χ4v) is 4.02. The molecular formula is C10H14F2S. The number of alkyl halides is 2. The molecule has 13 heavy (non-hydrogen) atoms. The summed E-state index contributed by atoms with van der Waals surface area (Å²) in [6, 6.07) is 0. The summed E-state index contributed by atoms with van der Waals surface area (Å²) in [5.74, 6) is -1.07. The van der Waals surface area contributed by atoms with Gasteiger partial charge in [0.2, 0.25) is 0 Å². The maximum atomic E-state index is 13.6. The lowest BCUT2D eigenvalue weighted by Gasteiger charge is -2.40. The number of hydrogen-bond acceptors (Lipinski definition) is 1. The van der Waals surface area contributed by atoms with E-state index in [0.29, 0.717) is 5.92 Å². The molecule has 0 aromatic heterocycles. The molecule has 3 rings (SSSR count). The number of fused-ring (bicyclic) bond motifs is 1. The van der Waals surface area contributed by atoms with Crippen molar-refractivity contribution in [3.63, 3.8) is 0 Å². The van der Waals surface area contributed by atoms with Crippen molar-refractivity contribution in [2.45, 2.75) is 38.0 Å². The van der Waals surface area contributed by atoms with Crippen molar-refractivity contribution < 1.29 is 8.78 Å². The molecule has 0 unspecified atom stereocenters. The van der Waals surface area contributed by atoms with Gasteiger partial charge in [0, 0.05) is 10.8 Å². The monoisotopic (exact) mass is 204 g/mol. The third kappa shape index (κ3) is 0.623.